The molecule has 4 heteroatoms. The van der Waals surface area contributed by atoms with E-state index in [1.54, 1.807) is 0 Å². The number of nitrogens with one attached hydrogen (secondary N) is 1. The van der Waals surface area contributed by atoms with E-state index in [2.05, 4.69) is 21.7 Å². The minimum Gasteiger partial charge on any atom is -0.325 e. The topological polar surface area (TPSA) is 32.3 Å². The Hall–Kier alpha value is -1.65. The molecule has 0 radical (unpaired) electrons. The van der Waals surface area contributed by atoms with Gasteiger partial charge in [-0.25, -0.2) is 0 Å². The van der Waals surface area contributed by atoms with Crippen LogP contribution in [0.3, 0.4) is 0 Å². The molecule has 1 atom stereocenters. The van der Waals surface area contributed by atoms with Gasteiger partial charge in [-0.15, -0.1) is 11.3 Å². The SMILES string of the molecule is O=C(CN1CCc2sccc2[C@@H]1C1CC1)Nc1ccccc1. The number of para-hydroxylation sites is 1. The van der Waals surface area contributed by atoms with Crippen molar-refractivity contribution in [3.8, 4) is 0 Å². The first-order valence-corrected chi connectivity index (χ1v) is 8.84. The third-order valence-electron chi connectivity index (χ3n) is 4.59. The van der Waals surface area contributed by atoms with E-state index < -0.39 is 0 Å². The predicted octanol–water partition coefficient (Wildman–Crippen LogP) is 3.70. The van der Waals surface area contributed by atoms with Crippen LogP contribution < -0.4 is 5.32 Å². The van der Waals surface area contributed by atoms with Gasteiger partial charge in [0.2, 0.25) is 5.91 Å². The van der Waals surface area contributed by atoms with Crippen molar-refractivity contribution in [3.63, 3.8) is 0 Å². The van der Waals surface area contributed by atoms with E-state index in [-0.39, 0.29) is 5.91 Å². The van der Waals surface area contributed by atoms with Crippen LogP contribution in [-0.4, -0.2) is 23.9 Å². The van der Waals surface area contributed by atoms with Gasteiger partial charge in [0.1, 0.15) is 0 Å². The van der Waals surface area contributed by atoms with Crippen molar-refractivity contribution in [2.75, 3.05) is 18.4 Å². The molecule has 0 unspecified atom stereocenters. The second-order valence-electron chi connectivity index (χ2n) is 6.22. The number of fused-ring (bicyclic) bond motifs is 1. The quantitative estimate of drug-likeness (QED) is 0.933. The Morgan fingerprint density at radius 3 is 2.82 bits per heavy atom. The van der Waals surface area contributed by atoms with Crippen molar-refractivity contribution in [3.05, 3.63) is 52.2 Å². The van der Waals surface area contributed by atoms with Crippen LogP contribution in [0.25, 0.3) is 0 Å². The average molecular weight is 312 g/mol. The van der Waals surface area contributed by atoms with Crippen molar-refractivity contribution in [2.45, 2.75) is 25.3 Å². The highest BCUT2D eigenvalue weighted by Crippen LogP contribution is 2.48. The fourth-order valence-electron chi connectivity index (χ4n) is 3.45. The summed E-state index contributed by atoms with van der Waals surface area (Å²) in [5.74, 6) is 0.841. The lowest BCUT2D eigenvalue weighted by Gasteiger charge is -2.35. The lowest BCUT2D eigenvalue weighted by molar-refractivity contribution is -0.118. The Bertz CT molecular complexity index is 663. The van der Waals surface area contributed by atoms with Gasteiger partial charge >= 0.3 is 0 Å². The molecular weight excluding hydrogens is 292 g/mol. The van der Waals surface area contributed by atoms with Gasteiger partial charge in [-0.3, -0.25) is 9.69 Å². The Balaban J connectivity index is 1.47. The zero-order chi connectivity index (χ0) is 14.9. The predicted molar refractivity (Wildman–Crippen MR) is 90.1 cm³/mol. The highest BCUT2D eigenvalue weighted by molar-refractivity contribution is 7.10. The number of carbonyl (C=O) groups is 1. The summed E-state index contributed by atoms with van der Waals surface area (Å²) in [6, 6.07) is 12.4. The molecule has 1 N–H and O–H groups in total. The smallest absolute Gasteiger partial charge is 0.238 e. The Labute approximate surface area is 135 Å². The van der Waals surface area contributed by atoms with Crippen LogP contribution in [0.1, 0.15) is 29.3 Å². The summed E-state index contributed by atoms with van der Waals surface area (Å²) in [6.07, 6.45) is 3.68. The Kier molecular flexibility index (Phi) is 3.72. The summed E-state index contributed by atoms with van der Waals surface area (Å²) in [7, 11) is 0. The van der Waals surface area contributed by atoms with Crippen LogP contribution in [0, 0.1) is 5.92 Å². The Morgan fingerprint density at radius 2 is 2.05 bits per heavy atom. The molecule has 22 heavy (non-hydrogen) atoms. The molecule has 1 aromatic heterocycles. The number of thiophene rings is 1. The van der Waals surface area contributed by atoms with Crippen molar-refractivity contribution < 1.29 is 4.79 Å². The third kappa shape index (κ3) is 2.81. The first-order valence-electron chi connectivity index (χ1n) is 7.96. The van der Waals surface area contributed by atoms with E-state index in [1.165, 1.54) is 23.3 Å². The fourth-order valence-corrected chi connectivity index (χ4v) is 4.36. The lowest BCUT2D eigenvalue weighted by Crippen LogP contribution is -2.41. The van der Waals surface area contributed by atoms with Crippen LogP contribution in [0.15, 0.2) is 41.8 Å². The molecule has 1 saturated carbocycles. The van der Waals surface area contributed by atoms with Crippen molar-refractivity contribution in [1.82, 2.24) is 4.90 Å². The molecule has 0 spiro atoms. The van der Waals surface area contributed by atoms with Crippen molar-refractivity contribution in [2.24, 2.45) is 5.92 Å². The van der Waals surface area contributed by atoms with Gasteiger partial charge in [-0.2, -0.15) is 0 Å². The van der Waals surface area contributed by atoms with Gasteiger partial charge in [0.25, 0.3) is 0 Å². The first kappa shape index (κ1) is 14.0. The van der Waals surface area contributed by atoms with E-state index in [0.717, 1.165) is 24.6 Å². The standard InChI is InChI=1S/C18H20N2OS/c21-17(19-14-4-2-1-3-5-14)12-20-10-8-16-15(9-11-22-16)18(20)13-6-7-13/h1-5,9,11,13,18H,6-8,10,12H2,(H,19,21)/t18-/m0/s1. The molecule has 3 nitrogen and oxygen atoms in total. The summed E-state index contributed by atoms with van der Waals surface area (Å²) >= 11 is 1.87. The number of hydrogen-bond donors (Lipinski definition) is 1. The van der Waals surface area contributed by atoms with Crippen molar-refractivity contribution >= 4 is 22.9 Å². The van der Waals surface area contributed by atoms with Gasteiger partial charge in [-0.1, -0.05) is 18.2 Å². The minimum absolute atomic E-state index is 0.0931. The molecule has 2 aliphatic rings. The molecule has 1 aromatic carbocycles. The van der Waals surface area contributed by atoms with Crippen LogP contribution in [0.5, 0.6) is 0 Å². The van der Waals surface area contributed by atoms with E-state index in [9.17, 15) is 4.79 Å². The first-order chi connectivity index (χ1) is 10.8. The normalized spacial score (nSPS) is 21.4. The fraction of sp³-hybridized carbons (Fsp3) is 0.389. The molecule has 2 heterocycles. The molecule has 0 saturated heterocycles. The molecule has 4 rings (SSSR count). The van der Waals surface area contributed by atoms with E-state index in [4.69, 9.17) is 0 Å². The monoisotopic (exact) mass is 312 g/mol. The molecule has 1 aliphatic heterocycles. The number of carbonyl (C=O) groups excluding carboxylic acids is 1. The zero-order valence-corrected chi connectivity index (χ0v) is 13.3. The number of nitrogens with zero attached hydrogens (tertiary/aromatic N) is 1. The maximum absolute atomic E-state index is 12.4. The Morgan fingerprint density at radius 1 is 1.23 bits per heavy atom. The van der Waals surface area contributed by atoms with E-state index in [0.29, 0.717) is 12.6 Å². The van der Waals surface area contributed by atoms with E-state index >= 15 is 0 Å². The summed E-state index contributed by atoms with van der Waals surface area (Å²) in [5, 5.41) is 5.21. The maximum Gasteiger partial charge on any atom is 0.238 e. The molecular formula is C18H20N2OS. The van der Waals surface area contributed by atoms with Crippen molar-refractivity contribution in [1.29, 1.82) is 0 Å². The van der Waals surface area contributed by atoms with Gasteiger partial charge in [-0.05, 0) is 54.3 Å². The maximum atomic E-state index is 12.4. The summed E-state index contributed by atoms with van der Waals surface area (Å²) in [6.45, 7) is 1.49. The number of rotatable bonds is 4. The second-order valence-corrected chi connectivity index (χ2v) is 7.22. The molecule has 1 amide bonds. The zero-order valence-electron chi connectivity index (χ0n) is 12.5. The lowest BCUT2D eigenvalue weighted by atomic mass is 9.96. The number of benzene rings is 1. The highest BCUT2D eigenvalue weighted by atomic mass is 32.1. The summed E-state index contributed by atoms with van der Waals surface area (Å²) in [4.78, 5) is 16.3. The summed E-state index contributed by atoms with van der Waals surface area (Å²) in [5.41, 5.74) is 2.36. The third-order valence-corrected chi connectivity index (χ3v) is 5.59. The molecule has 114 valence electrons. The largest absolute Gasteiger partial charge is 0.325 e. The van der Waals surface area contributed by atoms with Gasteiger partial charge in [0.15, 0.2) is 0 Å². The van der Waals surface area contributed by atoms with Gasteiger partial charge < -0.3 is 5.32 Å². The minimum atomic E-state index is 0.0931. The average Bonchev–Trinajstić information content (AvgIpc) is 3.24. The van der Waals surface area contributed by atoms with Gasteiger partial charge in [0.05, 0.1) is 6.54 Å². The second kappa shape index (κ2) is 5.86. The van der Waals surface area contributed by atoms with Crippen LogP contribution in [-0.2, 0) is 11.2 Å². The molecule has 1 aliphatic carbocycles. The molecule has 0 bridgehead atoms. The van der Waals surface area contributed by atoms with Crippen LogP contribution >= 0.6 is 11.3 Å². The summed E-state index contributed by atoms with van der Waals surface area (Å²) < 4.78 is 0. The number of anilines is 1. The molecule has 2 aromatic rings. The highest BCUT2D eigenvalue weighted by Gasteiger charge is 2.40. The van der Waals surface area contributed by atoms with Crippen LogP contribution in [0.4, 0.5) is 5.69 Å². The number of hydrogen-bond acceptors (Lipinski definition) is 3. The van der Waals surface area contributed by atoms with Crippen LogP contribution in [0.2, 0.25) is 0 Å². The van der Waals surface area contributed by atoms with Gasteiger partial charge in [0, 0.05) is 23.2 Å². The number of amides is 1. The molecule has 1 fully saturated rings. The van der Waals surface area contributed by atoms with E-state index in [1.807, 2.05) is 41.7 Å².